The van der Waals surface area contributed by atoms with E-state index >= 15 is 0 Å². The molecule has 2 aliphatic rings. The molecule has 36 heavy (non-hydrogen) atoms. The van der Waals surface area contributed by atoms with Crippen molar-refractivity contribution in [2.45, 2.75) is 51.5 Å². The number of hydrogen-bond acceptors (Lipinski definition) is 8. The van der Waals surface area contributed by atoms with Gasteiger partial charge in [0.25, 0.3) is 0 Å². The third-order valence-electron chi connectivity index (χ3n) is 6.51. The molecular weight excluding hydrogens is 488 g/mol. The Morgan fingerprint density at radius 1 is 0.972 bits per heavy atom. The molecule has 11 heteroatoms. The van der Waals surface area contributed by atoms with Gasteiger partial charge in [0.1, 0.15) is 25.1 Å². The number of amidine groups is 1. The number of ether oxygens (including phenoxy) is 3. The molecule has 1 aromatic carbocycles. The van der Waals surface area contributed by atoms with E-state index < -0.39 is 6.16 Å². The fourth-order valence-electron chi connectivity index (χ4n) is 4.63. The number of amides is 1. The summed E-state index contributed by atoms with van der Waals surface area (Å²) in [5.74, 6) is 0.00544. The Labute approximate surface area is 218 Å². The van der Waals surface area contributed by atoms with Crippen molar-refractivity contribution >= 4 is 42.0 Å². The number of esters is 1. The van der Waals surface area contributed by atoms with Crippen molar-refractivity contribution in [2.24, 2.45) is 11.7 Å². The first-order chi connectivity index (χ1) is 16.9. The van der Waals surface area contributed by atoms with Crippen molar-refractivity contribution in [3.63, 3.8) is 0 Å². The third kappa shape index (κ3) is 8.29. The van der Waals surface area contributed by atoms with Gasteiger partial charge in [0.15, 0.2) is 0 Å². The van der Waals surface area contributed by atoms with Gasteiger partial charge in [0, 0.05) is 37.3 Å². The molecule has 1 amide bonds. The average molecular weight is 525 g/mol. The maximum absolute atomic E-state index is 13.4. The topological polar surface area (TPSA) is 135 Å². The summed E-state index contributed by atoms with van der Waals surface area (Å²) >= 11 is 0. The normalized spacial score (nSPS) is 18.1. The minimum atomic E-state index is -0.773. The van der Waals surface area contributed by atoms with E-state index in [1.54, 1.807) is 6.92 Å². The van der Waals surface area contributed by atoms with Crippen LogP contribution in [0.15, 0.2) is 24.3 Å². The number of halogens is 1. The molecule has 10 nitrogen and oxygen atoms in total. The van der Waals surface area contributed by atoms with Crippen molar-refractivity contribution in [1.29, 1.82) is 5.41 Å². The van der Waals surface area contributed by atoms with Gasteiger partial charge in [0.05, 0.1) is 6.61 Å². The summed E-state index contributed by atoms with van der Waals surface area (Å²) in [4.78, 5) is 40.7. The van der Waals surface area contributed by atoms with Gasteiger partial charge in [-0.05, 0) is 69.2 Å². The van der Waals surface area contributed by atoms with Crippen LogP contribution < -0.4 is 10.6 Å². The molecule has 2 heterocycles. The maximum atomic E-state index is 13.4. The number of carbonyl (C=O) groups is 3. The minimum absolute atomic E-state index is 0. The predicted octanol–water partition coefficient (Wildman–Crippen LogP) is 3.10. The lowest BCUT2D eigenvalue weighted by Crippen LogP contribution is -2.53. The standard InChI is InChI=1S/C25H36N4O6.ClH/c1-2-33-25(32)35-16-15-34-22(30)17-18-10-13-28(14-11-18)24(31)21-5-3-4-12-29(21)20-8-6-19(7-9-20)23(26)27;/h6-9,18,21H,2-5,10-17H2,1H3,(H3,26,27);1H. The van der Waals surface area contributed by atoms with E-state index in [4.69, 9.17) is 20.6 Å². The van der Waals surface area contributed by atoms with Gasteiger partial charge >= 0.3 is 12.1 Å². The van der Waals surface area contributed by atoms with E-state index in [-0.39, 0.29) is 61.9 Å². The Morgan fingerprint density at radius 3 is 2.28 bits per heavy atom. The molecule has 200 valence electrons. The molecule has 0 saturated carbocycles. The number of rotatable bonds is 9. The molecule has 1 aromatic rings. The summed E-state index contributed by atoms with van der Waals surface area (Å²) in [6, 6.07) is 7.30. The van der Waals surface area contributed by atoms with Gasteiger partial charge < -0.3 is 29.7 Å². The molecule has 0 aromatic heterocycles. The van der Waals surface area contributed by atoms with E-state index in [0.29, 0.717) is 25.1 Å². The number of piperidine rings is 2. The second kappa shape index (κ2) is 14.5. The molecule has 2 saturated heterocycles. The number of nitrogens with two attached hydrogens (primary N) is 1. The zero-order valence-electron chi connectivity index (χ0n) is 20.8. The summed E-state index contributed by atoms with van der Waals surface area (Å²) in [7, 11) is 0. The maximum Gasteiger partial charge on any atom is 0.508 e. The predicted molar refractivity (Wildman–Crippen MR) is 138 cm³/mol. The molecule has 0 radical (unpaired) electrons. The summed E-state index contributed by atoms with van der Waals surface area (Å²) in [6.45, 7) is 3.94. The Balaban J connectivity index is 0.00000456. The van der Waals surface area contributed by atoms with Crippen molar-refractivity contribution in [2.75, 3.05) is 44.4 Å². The number of nitrogens with zero attached hydrogens (tertiary/aromatic N) is 2. The fourth-order valence-corrected chi connectivity index (χ4v) is 4.63. The monoisotopic (exact) mass is 524 g/mol. The molecular formula is C25H37ClN4O6. The Hall–Kier alpha value is -3.01. The number of carbonyl (C=O) groups excluding carboxylic acids is 3. The van der Waals surface area contributed by atoms with Gasteiger partial charge in [0.2, 0.25) is 5.91 Å². The van der Waals surface area contributed by atoms with E-state index in [1.807, 2.05) is 29.2 Å². The van der Waals surface area contributed by atoms with E-state index in [9.17, 15) is 14.4 Å². The smallest absolute Gasteiger partial charge is 0.462 e. The van der Waals surface area contributed by atoms with E-state index in [1.165, 1.54) is 0 Å². The largest absolute Gasteiger partial charge is 0.508 e. The highest BCUT2D eigenvalue weighted by Crippen LogP contribution is 2.28. The number of likely N-dealkylation sites (tertiary alicyclic amines) is 1. The number of benzene rings is 1. The van der Waals surface area contributed by atoms with E-state index in [2.05, 4.69) is 9.64 Å². The van der Waals surface area contributed by atoms with Crippen LogP contribution in [0.2, 0.25) is 0 Å². The third-order valence-corrected chi connectivity index (χ3v) is 6.51. The second-order valence-corrected chi connectivity index (χ2v) is 8.89. The summed E-state index contributed by atoms with van der Waals surface area (Å²) in [5, 5.41) is 7.57. The number of hydrogen-bond donors (Lipinski definition) is 2. The summed E-state index contributed by atoms with van der Waals surface area (Å²) in [6.07, 6.45) is 3.88. The molecule has 0 bridgehead atoms. The van der Waals surface area contributed by atoms with Crippen LogP contribution in [0.5, 0.6) is 0 Å². The number of anilines is 1. The van der Waals surface area contributed by atoms with Crippen LogP contribution in [0.4, 0.5) is 10.5 Å². The molecule has 3 rings (SSSR count). The highest BCUT2D eigenvalue weighted by Gasteiger charge is 2.34. The van der Waals surface area contributed by atoms with Gasteiger partial charge in [-0.1, -0.05) is 0 Å². The van der Waals surface area contributed by atoms with Crippen molar-refractivity contribution in [3.8, 4) is 0 Å². The minimum Gasteiger partial charge on any atom is -0.462 e. The molecule has 3 N–H and O–H groups in total. The SMILES string of the molecule is CCOC(=O)OCCOC(=O)CC1CCN(C(=O)C2CCCCN2c2ccc(C(=N)N)cc2)CC1.Cl. The summed E-state index contributed by atoms with van der Waals surface area (Å²) in [5.41, 5.74) is 7.20. The van der Waals surface area contributed by atoms with Crippen LogP contribution in [0.25, 0.3) is 0 Å². The van der Waals surface area contributed by atoms with Crippen LogP contribution >= 0.6 is 12.4 Å². The molecule has 2 aliphatic heterocycles. The van der Waals surface area contributed by atoms with Crippen LogP contribution in [-0.4, -0.2) is 74.3 Å². The Kier molecular flexibility index (Phi) is 11.8. The molecule has 2 fully saturated rings. The van der Waals surface area contributed by atoms with Gasteiger partial charge in [-0.3, -0.25) is 15.0 Å². The van der Waals surface area contributed by atoms with Crippen molar-refractivity contribution in [3.05, 3.63) is 29.8 Å². The highest BCUT2D eigenvalue weighted by molar-refractivity contribution is 5.95. The lowest BCUT2D eigenvalue weighted by molar-refractivity contribution is -0.146. The van der Waals surface area contributed by atoms with Crippen LogP contribution in [-0.2, 0) is 23.8 Å². The van der Waals surface area contributed by atoms with Crippen molar-refractivity contribution in [1.82, 2.24) is 4.90 Å². The highest BCUT2D eigenvalue weighted by atomic mass is 35.5. The van der Waals surface area contributed by atoms with Crippen LogP contribution in [0.1, 0.15) is 51.0 Å². The Bertz CT molecular complexity index is 889. The fraction of sp³-hybridized carbons (Fsp3) is 0.600. The first kappa shape index (κ1) is 29.2. The Morgan fingerprint density at radius 2 is 1.64 bits per heavy atom. The second-order valence-electron chi connectivity index (χ2n) is 8.89. The van der Waals surface area contributed by atoms with Crippen LogP contribution in [0.3, 0.4) is 0 Å². The van der Waals surface area contributed by atoms with Gasteiger partial charge in [-0.2, -0.15) is 0 Å². The molecule has 0 aliphatic carbocycles. The molecule has 1 unspecified atom stereocenters. The average Bonchev–Trinajstić information content (AvgIpc) is 2.87. The molecule has 1 atom stereocenters. The van der Waals surface area contributed by atoms with Crippen molar-refractivity contribution < 1.29 is 28.6 Å². The quantitative estimate of drug-likeness (QED) is 0.218. The number of nitrogens with one attached hydrogen (secondary N) is 1. The first-order valence-corrected chi connectivity index (χ1v) is 12.3. The zero-order valence-corrected chi connectivity index (χ0v) is 21.6. The van der Waals surface area contributed by atoms with Gasteiger partial charge in [-0.15, -0.1) is 12.4 Å². The van der Waals surface area contributed by atoms with Gasteiger partial charge in [-0.25, -0.2) is 4.79 Å². The number of nitrogen functional groups attached to an aromatic ring is 1. The summed E-state index contributed by atoms with van der Waals surface area (Å²) < 4.78 is 14.6. The zero-order chi connectivity index (χ0) is 25.2. The lowest BCUT2D eigenvalue weighted by Gasteiger charge is -2.41. The lowest BCUT2D eigenvalue weighted by atomic mass is 9.92. The molecule has 0 spiro atoms. The van der Waals surface area contributed by atoms with E-state index in [0.717, 1.165) is 44.3 Å². The van der Waals surface area contributed by atoms with Crippen LogP contribution in [0, 0.1) is 11.3 Å². The first-order valence-electron chi connectivity index (χ1n) is 12.3.